The van der Waals surface area contributed by atoms with Gasteiger partial charge in [-0.1, -0.05) is 17.8 Å². The maximum Gasteiger partial charge on any atom is 0.349 e. The third-order valence-electron chi connectivity index (χ3n) is 5.41. The molecule has 1 N–H and O–H groups in total. The molecule has 0 bridgehead atoms. The van der Waals surface area contributed by atoms with Crippen molar-refractivity contribution in [3.05, 3.63) is 51.8 Å². The molecule has 1 aliphatic heterocycles. The highest BCUT2D eigenvalue weighted by molar-refractivity contribution is 7.99. The first-order valence-corrected chi connectivity index (χ1v) is 11.2. The van der Waals surface area contributed by atoms with Crippen LogP contribution >= 0.6 is 11.8 Å². The molecule has 2 aliphatic rings. The van der Waals surface area contributed by atoms with E-state index in [1.54, 1.807) is 17.0 Å². The van der Waals surface area contributed by atoms with Gasteiger partial charge in [0.05, 0.1) is 18.4 Å². The number of pyridine rings is 1. The van der Waals surface area contributed by atoms with Crippen LogP contribution in [0.2, 0.25) is 0 Å². The molecule has 1 amide bonds. The predicted octanol–water partition coefficient (Wildman–Crippen LogP) is 1.95. The molecule has 3 heterocycles. The van der Waals surface area contributed by atoms with E-state index in [-0.39, 0.29) is 23.5 Å². The highest BCUT2D eigenvalue weighted by atomic mass is 32.2. The van der Waals surface area contributed by atoms with E-state index in [0.29, 0.717) is 18.1 Å². The number of amides is 1. The first kappa shape index (κ1) is 20.1. The second-order valence-corrected chi connectivity index (χ2v) is 8.47. The zero-order chi connectivity index (χ0) is 20.1. The summed E-state index contributed by atoms with van der Waals surface area (Å²) in [5, 5.41) is 3.64. The molecule has 0 saturated carbocycles. The summed E-state index contributed by atoms with van der Waals surface area (Å²) in [6.45, 7) is 1.81. The number of aromatic nitrogens is 3. The summed E-state index contributed by atoms with van der Waals surface area (Å²) in [5.41, 5.74) is 2.91. The Labute approximate surface area is 174 Å². The van der Waals surface area contributed by atoms with Gasteiger partial charge in [-0.2, -0.15) is 4.98 Å². The lowest BCUT2D eigenvalue weighted by Crippen LogP contribution is -2.33. The fourth-order valence-electron chi connectivity index (χ4n) is 3.92. The molecule has 154 valence electrons. The number of ether oxygens (including phenoxy) is 1. The molecule has 1 saturated heterocycles. The lowest BCUT2D eigenvalue weighted by Gasteiger charge is -2.22. The Kier molecular flexibility index (Phi) is 6.61. The molecular weight excluding hydrogens is 388 g/mol. The number of carbonyl (C=O) groups excluding carboxylic acids is 1. The van der Waals surface area contributed by atoms with Crippen LogP contribution in [0.1, 0.15) is 42.5 Å². The minimum Gasteiger partial charge on any atom is -0.376 e. The van der Waals surface area contributed by atoms with Crippen LogP contribution in [0.5, 0.6) is 0 Å². The second kappa shape index (κ2) is 9.54. The third kappa shape index (κ3) is 5.05. The van der Waals surface area contributed by atoms with Crippen LogP contribution in [0.4, 0.5) is 0 Å². The molecule has 1 aliphatic carbocycles. The Morgan fingerprint density at radius 2 is 2.21 bits per heavy atom. The van der Waals surface area contributed by atoms with Gasteiger partial charge in [-0.15, -0.1) is 0 Å². The molecule has 0 radical (unpaired) electrons. The van der Waals surface area contributed by atoms with Crippen LogP contribution in [0.3, 0.4) is 0 Å². The van der Waals surface area contributed by atoms with Crippen molar-refractivity contribution in [2.45, 2.75) is 56.2 Å². The van der Waals surface area contributed by atoms with Crippen molar-refractivity contribution in [1.29, 1.82) is 0 Å². The topological polar surface area (TPSA) is 86.1 Å². The van der Waals surface area contributed by atoms with Gasteiger partial charge in [-0.3, -0.25) is 14.3 Å². The summed E-state index contributed by atoms with van der Waals surface area (Å²) in [5.74, 6) is 0.217. The van der Waals surface area contributed by atoms with Crippen LogP contribution < -0.4 is 11.0 Å². The van der Waals surface area contributed by atoms with Crippen molar-refractivity contribution in [3.8, 4) is 0 Å². The van der Waals surface area contributed by atoms with E-state index in [1.165, 1.54) is 11.8 Å². The summed E-state index contributed by atoms with van der Waals surface area (Å²) in [6, 6.07) is 3.84. The van der Waals surface area contributed by atoms with E-state index in [4.69, 9.17) is 4.74 Å². The van der Waals surface area contributed by atoms with Crippen molar-refractivity contribution in [1.82, 2.24) is 19.9 Å². The fraction of sp³-hybridized carbons (Fsp3) is 0.524. The van der Waals surface area contributed by atoms with Crippen LogP contribution in [0.15, 0.2) is 34.3 Å². The Bertz CT molecular complexity index is 910. The number of carbonyl (C=O) groups is 1. The highest BCUT2D eigenvalue weighted by Gasteiger charge is 2.22. The second-order valence-electron chi connectivity index (χ2n) is 7.51. The molecule has 1 unspecified atom stereocenters. The first-order valence-electron chi connectivity index (χ1n) is 10.2. The summed E-state index contributed by atoms with van der Waals surface area (Å²) in [4.78, 5) is 33.5. The number of hydrogen-bond donors (Lipinski definition) is 1. The number of fused-ring (bicyclic) bond motifs is 1. The first-order chi connectivity index (χ1) is 14.2. The average molecular weight is 415 g/mol. The van der Waals surface area contributed by atoms with Gasteiger partial charge >= 0.3 is 5.69 Å². The molecule has 0 spiro atoms. The molecule has 1 fully saturated rings. The maximum atomic E-state index is 12.8. The number of thioether (sulfide) groups is 1. The van der Waals surface area contributed by atoms with Crippen LogP contribution in [-0.2, 0) is 28.9 Å². The smallest absolute Gasteiger partial charge is 0.349 e. The zero-order valence-electron chi connectivity index (χ0n) is 16.4. The van der Waals surface area contributed by atoms with Crippen LogP contribution in [0.25, 0.3) is 0 Å². The normalized spacial score (nSPS) is 18.4. The van der Waals surface area contributed by atoms with Gasteiger partial charge in [0, 0.05) is 36.8 Å². The fourth-order valence-corrected chi connectivity index (χ4v) is 4.83. The lowest BCUT2D eigenvalue weighted by molar-refractivity contribution is -0.119. The van der Waals surface area contributed by atoms with E-state index in [9.17, 15) is 9.59 Å². The monoisotopic (exact) mass is 414 g/mol. The van der Waals surface area contributed by atoms with Gasteiger partial charge in [0.15, 0.2) is 0 Å². The predicted molar refractivity (Wildman–Crippen MR) is 111 cm³/mol. The van der Waals surface area contributed by atoms with Gasteiger partial charge in [0.1, 0.15) is 5.03 Å². The molecule has 1 atom stereocenters. The van der Waals surface area contributed by atoms with E-state index < -0.39 is 0 Å². The summed E-state index contributed by atoms with van der Waals surface area (Å²) in [6.07, 6.45) is 9.60. The molecule has 0 aromatic carbocycles. The standard InChI is InChI=1S/C21H26N4O3S/c26-19(23-12-16-6-4-10-28-16)14-29-20-17-7-1-2-8-18(17)25(21(27)24-20)13-15-5-3-9-22-11-15/h3,5,9,11,16H,1-2,4,6-8,10,12-14H2,(H,23,26). The lowest BCUT2D eigenvalue weighted by atomic mass is 9.97. The maximum absolute atomic E-state index is 12.8. The Morgan fingerprint density at radius 3 is 3.00 bits per heavy atom. The number of nitrogens with one attached hydrogen (secondary N) is 1. The minimum atomic E-state index is -0.253. The zero-order valence-corrected chi connectivity index (χ0v) is 17.2. The molecule has 2 aromatic rings. The SMILES string of the molecule is O=C(CSc1nc(=O)n(Cc2cccnc2)c2c1CCCC2)NCC1CCCO1. The quantitative estimate of drug-likeness (QED) is 0.551. The number of rotatable bonds is 7. The van der Waals surface area contributed by atoms with Crippen molar-refractivity contribution in [2.75, 3.05) is 18.9 Å². The molecule has 7 nitrogen and oxygen atoms in total. The van der Waals surface area contributed by atoms with Crippen LogP contribution in [-0.4, -0.2) is 45.5 Å². The van der Waals surface area contributed by atoms with E-state index >= 15 is 0 Å². The molecule has 8 heteroatoms. The van der Waals surface area contributed by atoms with Crippen LogP contribution in [0, 0.1) is 0 Å². The van der Waals surface area contributed by atoms with Crippen molar-refractivity contribution in [2.24, 2.45) is 0 Å². The minimum absolute atomic E-state index is 0.0450. The van der Waals surface area contributed by atoms with Gasteiger partial charge < -0.3 is 10.1 Å². The van der Waals surface area contributed by atoms with E-state index in [2.05, 4.69) is 15.3 Å². The number of hydrogen-bond acceptors (Lipinski definition) is 6. The largest absolute Gasteiger partial charge is 0.376 e. The Morgan fingerprint density at radius 1 is 1.31 bits per heavy atom. The molecule has 4 rings (SSSR count). The van der Waals surface area contributed by atoms with Gasteiger partial charge in [0.2, 0.25) is 5.91 Å². The molecular formula is C21H26N4O3S. The van der Waals surface area contributed by atoms with Crippen molar-refractivity contribution < 1.29 is 9.53 Å². The summed E-state index contributed by atoms with van der Waals surface area (Å²) in [7, 11) is 0. The molecule has 29 heavy (non-hydrogen) atoms. The van der Waals surface area contributed by atoms with Crippen molar-refractivity contribution >= 4 is 17.7 Å². The summed E-state index contributed by atoms with van der Waals surface area (Å²) < 4.78 is 7.31. The van der Waals surface area contributed by atoms with Crippen molar-refractivity contribution in [3.63, 3.8) is 0 Å². The molecule has 2 aromatic heterocycles. The van der Waals surface area contributed by atoms with Gasteiger partial charge in [-0.25, -0.2) is 4.79 Å². The van der Waals surface area contributed by atoms with Gasteiger partial charge in [0.25, 0.3) is 0 Å². The van der Waals surface area contributed by atoms with Gasteiger partial charge in [-0.05, 0) is 50.2 Å². The van der Waals surface area contributed by atoms with E-state index in [0.717, 1.165) is 62.0 Å². The Balaban J connectivity index is 1.46. The Hall–Kier alpha value is -2.19. The third-order valence-corrected chi connectivity index (χ3v) is 6.42. The van der Waals surface area contributed by atoms with E-state index in [1.807, 2.05) is 12.1 Å². The number of nitrogens with zero attached hydrogens (tertiary/aromatic N) is 3. The highest BCUT2D eigenvalue weighted by Crippen LogP contribution is 2.28. The summed E-state index contributed by atoms with van der Waals surface area (Å²) >= 11 is 1.37. The average Bonchev–Trinajstić information content (AvgIpc) is 3.27.